The first-order valence-corrected chi connectivity index (χ1v) is 9.17. The second-order valence-electron chi connectivity index (χ2n) is 6.85. The van der Waals surface area contributed by atoms with Crippen molar-refractivity contribution in [3.05, 3.63) is 41.2 Å². The third kappa shape index (κ3) is 3.16. The van der Waals surface area contributed by atoms with Gasteiger partial charge in [-0.2, -0.15) is 5.10 Å². The highest BCUT2D eigenvalue weighted by molar-refractivity contribution is 6.03. The Morgan fingerprint density at radius 2 is 2.22 bits per heavy atom. The molecule has 142 valence electrons. The monoisotopic (exact) mass is 369 g/mol. The fourth-order valence-electron chi connectivity index (χ4n) is 3.59. The number of aromatic amines is 1. The number of carbonyl (C=O) groups excluding carboxylic acids is 2. The summed E-state index contributed by atoms with van der Waals surface area (Å²) in [6, 6.07) is 6.56. The number of ether oxygens (including phenoxy) is 1. The highest BCUT2D eigenvalue weighted by Crippen LogP contribution is 2.30. The van der Waals surface area contributed by atoms with Crippen molar-refractivity contribution in [2.45, 2.75) is 25.9 Å². The molecule has 2 N–H and O–H groups in total. The fraction of sp³-hybridized carbons (Fsp3) is 0.421. The quantitative estimate of drug-likeness (QED) is 0.840. The molecule has 2 amide bonds. The molecule has 0 spiro atoms. The molecule has 1 atom stereocenters. The SMILES string of the molecule is CCN1CCc2[nH]nc(C(=O)N[C@H]3COc4ccccc4N(C)C3=O)c2C1. The Morgan fingerprint density at radius 1 is 1.41 bits per heavy atom. The van der Waals surface area contributed by atoms with Crippen molar-refractivity contribution in [3.63, 3.8) is 0 Å². The summed E-state index contributed by atoms with van der Waals surface area (Å²) in [7, 11) is 1.69. The lowest BCUT2D eigenvalue weighted by molar-refractivity contribution is -0.120. The lowest BCUT2D eigenvalue weighted by atomic mass is 10.0. The molecule has 4 rings (SSSR count). The first kappa shape index (κ1) is 17.5. The number of anilines is 1. The number of hydrogen-bond donors (Lipinski definition) is 2. The van der Waals surface area contributed by atoms with Crippen LogP contribution in [0, 0.1) is 0 Å². The third-order valence-electron chi connectivity index (χ3n) is 5.24. The second-order valence-corrected chi connectivity index (χ2v) is 6.85. The maximum Gasteiger partial charge on any atom is 0.272 e. The van der Waals surface area contributed by atoms with E-state index in [1.165, 1.54) is 4.90 Å². The third-order valence-corrected chi connectivity index (χ3v) is 5.24. The zero-order valence-electron chi connectivity index (χ0n) is 15.5. The van der Waals surface area contributed by atoms with Crippen molar-refractivity contribution < 1.29 is 14.3 Å². The summed E-state index contributed by atoms with van der Waals surface area (Å²) in [4.78, 5) is 29.4. The van der Waals surface area contributed by atoms with Crippen LogP contribution in [0.5, 0.6) is 5.75 Å². The number of aromatic nitrogens is 2. The predicted octanol–water partition coefficient (Wildman–Crippen LogP) is 0.942. The van der Waals surface area contributed by atoms with Gasteiger partial charge in [-0.25, -0.2) is 0 Å². The van der Waals surface area contributed by atoms with Crippen molar-refractivity contribution in [1.29, 1.82) is 0 Å². The van der Waals surface area contributed by atoms with Gasteiger partial charge in [0.2, 0.25) is 0 Å². The van der Waals surface area contributed by atoms with E-state index in [0.717, 1.165) is 30.8 Å². The smallest absolute Gasteiger partial charge is 0.272 e. The minimum Gasteiger partial charge on any atom is -0.489 e. The summed E-state index contributed by atoms with van der Waals surface area (Å²) in [5.41, 5.74) is 2.97. The molecule has 0 unspecified atom stereocenters. The number of amides is 2. The summed E-state index contributed by atoms with van der Waals surface area (Å²) in [6.45, 7) is 4.74. The number of nitrogens with one attached hydrogen (secondary N) is 2. The predicted molar refractivity (Wildman–Crippen MR) is 99.8 cm³/mol. The molecular weight excluding hydrogens is 346 g/mol. The zero-order valence-corrected chi connectivity index (χ0v) is 15.5. The fourth-order valence-corrected chi connectivity index (χ4v) is 3.59. The summed E-state index contributed by atoms with van der Waals surface area (Å²) in [5, 5.41) is 9.98. The van der Waals surface area contributed by atoms with Gasteiger partial charge in [0.25, 0.3) is 11.8 Å². The van der Waals surface area contributed by atoms with E-state index in [4.69, 9.17) is 4.74 Å². The van der Waals surface area contributed by atoms with E-state index in [1.54, 1.807) is 7.05 Å². The van der Waals surface area contributed by atoms with Crippen LogP contribution in [-0.2, 0) is 17.8 Å². The van der Waals surface area contributed by atoms with Crippen molar-refractivity contribution in [2.24, 2.45) is 0 Å². The van der Waals surface area contributed by atoms with Crippen molar-refractivity contribution >= 4 is 17.5 Å². The van der Waals surface area contributed by atoms with Crippen molar-refractivity contribution in [2.75, 3.05) is 31.6 Å². The van der Waals surface area contributed by atoms with E-state index >= 15 is 0 Å². The van der Waals surface area contributed by atoms with Gasteiger partial charge in [-0.3, -0.25) is 19.6 Å². The number of carbonyl (C=O) groups is 2. The molecule has 8 heteroatoms. The Labute approximate surface area is 157 Å². The lowest BCUT2D eigenvalue weighted by Crippen LogP contribution is -2.49. The van der Waals surface area contributed by atoms with E-state index < -0.39 is 6.04 Å². The molecule has 0 radical (unpaired) electrons. The molecule has 2 aliphatic heterocycles. The van der Waals surface area contributed by atoms with Crippen LogP contribution in [0.15, 0.2) is 24.3 Å². The molecule has 0 bridgehead atoms. The molecular formula is C19H23N5O3. The van der Waals surface area contributed by atoms with Gasteiger partial charge in [-0.15, -0.1) is 0 Å². The minimum absolute atomic E-state index is 0.0830. The molecule has 0 saturated carbocycles. The Hall–Kier alpha value is -2.87. The Kier molecular flexibility index (Phi) is 4.57. The van der Waals surface area contributed by atoms with Gasteiger partial charge in [0.1, 0.15) is 18.4 Å². The second kappa shape index (κ2) is 7.03. The highest BCUT2D eigenvalue weighted by atomic mass is 16.5. The van der Waals surface area contributed by atoms with Gasteiger partial charge in [0.15, 0.2) is 5.69 Å². The number of rotatable bonds is 3. The lowest BCUT2D eigenvalue weighted by Gasteiger charge is -2.25. The first-order valence-electron chi connectivity index (χ1n) is 9.17. The van der Waals surface area contributed by atoms with Gasteiger partial charge in [-0.1, -0.05) is 19.1 Å². The largest absolute Gasteiger partial charge is 0.489 e. The average Bonchev–Trinajstić information content (AvgIpc) is 3.08. The molecule has 2 aromatic rings. The topological polar surface area (TPSA) is 90.6 Å². The van der Waals surface area contributed by atoms with Crippen LogP contribution in [0.4, 0.5) is 5.69 Å². The number of nitrogens with zero attached hydrogens (tertiary/aromatic N) is 3. The highest BCUT2D eigenvalue weighted by Gasteiger charge is 2.32. The Bertz CT molecular complexity index is 878. The van der Waals surface area contributed by atoms with Gasteiger partial charge in [-0.05, 0) is 18.7 Å². The van der Waals surface area contributed by atoms with Crippen LogP contribution < -0.4 is 15.0 Å². The molecule has 1 aromatic carbocycles. The first-order chi connectivity index (χ1) is 13.1. The molecule has 0 aliphatic carbocycles. The average molecular weight is 369 g/mol. The van der Waals surface area contributed by atoms with E-state index in [9.17, 15) is 9.59 Å². The maximum atomic E-state index is 12.8. The van der Waals surface area contributed by atoms with Crippen LogP contribution in [-0.4, -0.2) is 59.7 Å². The number of hydrogen-bond acceptors (Lipinski definition) is 5. The number of likely N-dealkylation sites (N-methyl/N-ethyl adjacent to an activating group) is 2. The van der Waals surface area contributed by atoms with Crippen molar-refractivity contribution in [3.8, 4) is 5.75 Å². The van der Waals surface area contributed by atoms with Gasteiger partial charge < -0.3 is 15.0 Å². The summed E-state index contributed by atoms with van der Waals surface area (Å²) in [6.07, 6.45) is 0.840. The number of H-pyrrole nitrogens is 1. The summed E-state index contributed by atoms with van der Waals surface area (Å²) < 4.78 is 5.75. The molecule has 2 aliphatic rings. The Balaban J connectivity index is 1.53. The molecule has 0 saturated heterocycles. The van der Waals surface area contributed by atoms with Gasteiger partial charge >= 0.3 is 0 Å². The van der Waals surface area contributed by atoms with Crippen LogP contribution in [0.25, 0.3) is 0 Å². The zero-order chi connectivity index (χ0) is 19.0. The molecule has 8 nitrogen and oxygen atoms in total. The van der Waals surface area contributed by atoms with Crippen molar-refractivity contribution in [1.82, 2.24) is 20.4 Å². The summed E-state index contributed by atoms with van der Waals surface area (Å²) >= 11 is 0. The van der Waals surface area contributed by atoms with E-state index in [1.807, 2.05) is 24.3 Å². The Morgan fingerprint density at radius 3 is 3.04 bits per heavy atom. The van der Waals surface area contributed by atoms with Gasteiger partial charge in [0, 0.05) is 37.8 Å². The van der Waals surface area contributed by atoms with Crippen LogP contribution in [0.3, 0.4) is 0 Å². The van der Waals surface area contributed by atoms with E-state index in [2.05, 4.69) is 27.3 Å². The molecule has 3 heterocycles. The molecule has 1 aromatic heterocycles. The number of para-hydroxylation sites is 2. The summed E-state index contributed by atoms with van der Waals surface area (Å²) in [5.74, 6) is 0.0560. The standard InChI is InChI=1S/C19H23N5O3/c1-3-24-9-8-13-12(10-24)17(22-21-13)18(25)20-14-11-27-16-7-5-4-6-15(16)23(2)19(14)26/h4-7,14H,3,8-11H2,1-2H3,(H,20,25)(H,21,22)/t14-/m0/s1. The number of benzene rings is 1. The van der Waals surface area contributed by atoms with Gasteiger partial charge in [0.05, 0.1) is 5.69 Å². The minimum atomic E-state index is -0.770. The maximum absolute atomic E-state index is 12.8. The van der Waals surface area contributed by atoms with E-state index in [0.29, 0.717) is 23.7 Å². The van der Waals surface area contributed by atoms with Crippen LogP contribution in [0.2, 0.25) is 0 Å². The van der Waals surface area contributed by atoms with E-state index in [-0.39, 0.29) is 18.4 Å². The van der Waals surface area contributed by atoms with Crippen LogP contribution in [0.1, 0.15) is 28.7 Å². The normalized spacial score (nSPS) is 19.7. The number of fused-ring (bicyclic) bond motifs is 2. The van der Waals surface area contributed by atoms with Crippen LogP contribution >= 0.6 is 0 Å². The molecule has 27 heavy (non-hydrogen) atoms. The molecule has 0 fully saturated rings.